The first-order chi connectivity index (χ1) is 7.06. The molecule has 2 atom stereocenters. The van der Waals surface area contributed by atoms with Gasteiger partial charge in [0.1, 0.15) is 6.10 Å². The van der Waals surface area contributed by atoms with Crippen molar-refractivity contribution in [3.63, 3.8) is 0 Å². The highest BCUT2D eigenvalue weighted by Gasteiger charge is 2.19. The van der Waals surface area contributed by atoms with E-state index in [1.54, 1.807) is 18.2 Å². The van der Waals surface area contributed by atoms with Gasteiger partial charge in [-0.05, 0) is 30.4 Å². The summed E-state index contributed by atoms with van der Waals surface area (Å²) in [5.74, 6) is 0.499. The number of halogens is 1. The summed E-state index contributed by atoms with van der Waals surface area (Å²) >= 11 is 9.76. The van der Waals surface area contributed by atoms with Crippen molar-refractivity contribution < 1.29 is 10.2 Å². The quantitative estimate of drug-likeness (QED) is 0.483. The molecule has 0 spiro atoms. The Morgan fingerprint density at radius 2 is 2.07 bits per heavy atom. The van der Waals surface area contributed by atoms with Crippen LogP contribution in [0.1, 0.15) is 18.1 Å². The molecular formula is C10H14ClNO2S. The van der Waals surface area contributed by atoms with Gasteiger partial charge in [-0.1, -0.05) is 11.6 Å². The monoisotopic (exact) mass is 247 g/mol. The highest BCUT2D eigenvalue weighted by molar-refractivity contribution is 7.80. The van der Waals surface area contributed by atoms with E-state index < -0.39 is 12.2 Å². The average molecular weight is 248 g/mol. The van der Waals surface area contributed by atoms with E-state index in [0.717, 1.165) is 0 Å². The van der Waals surface area contributed by atoms with E-state index in [1.165, 1.54) is 0 Å². The third-order valence-corrected chi connectivity index (χ3v) is 2.65. The molecule has 0 heterocycles. The van der Waals surface area contributed by atoms with Crippen molar-refractivity contribution in [3.05, 3.63) is 28.8 Å². The molecule has 0 aliphatic rings. The molecule has 1 aromatic carbocycles. The number of hydrogen-bond acceptors (Lipinski definition) is 4. The molecule has 1 rings (SSSR count). The van der Waals surface area contributed by atoms with Gasteiger partial charge in [0.05, 0.1) is 6.10 Å². The number of nitrogens with two attached hydrogens (primary N) is 1. The normalized spacial score (nSPS) is 14.9. The van der Waals surface area contributed by atoms with Crippen LogP contribution >= 0.6 is 24.2 Å². The van der Waals surface area contributed by atoms with Crippen LogP contribution in [0.4, 0.5) is 5.69 Å². The zero-order chi connectivity index (χ0) is 11.4. The van der Waals surface area contributed by atoms with Crippen LogP contribution in [0.3, 0.4) is 0 Å². The van der Waals surface area contributed by atoms with E-state index in [0.29, 0.717) is 28.4 Å². The van der Waals surface area contributed by atoms with E-state index in [1.807, 2.05) is 0 Å². The summed E-state index contributed by atoms with van der Waals surface area (Å²) in [5, 5.41) is 19.9. The maximum Gasteiger partial charge on any atom is 0.107 e. The fraction of sp³-hybridized carbons (Fsp3) is 0.400. The largest absolute Gasteiger partial charge is 0.398 e. The number of aliphatic hydroxyl groups excluding tert-OH is 2. The standard InChI is InChI=1S/C10H14ClNO2S/c11-6-1-2-8(12)7(5-6)10(14)9(13)3-4-15/h1-2,5,9-10,13-15H,3-4,12H2. The summed E-state index contributed by atoms with van der Waals surface area (Å²) in [7, 11) is 0. The molecule has 0 aliphatic carbocycles. The molecule has 0 aromatic heterocycles. The Morgan fingerprint density at radius 3 is 2.67 bits per heavy atom. The molecule has 0 fully saturated rings. The number of thiol groups is 1. The van der Waals surface area contributed by atoms with Crippen LogP contribution in [0.2, 0.25) is 5.02 Å². The summed E-state index contributed by atoms with van der Waals surface area (Å²) in [6.45, 7) is 0. The molecule has 0 saturated heterocycles. The fourth-order valence-corrected chi connectivity index (χ4v) is 1.74. The molecule has 0 radical (unpaired) electrons. The lowest BCUT2D eigenvalue weighted by atomic mass is 10.0. The molecule has 5 heteroatoms. The molecule has 1 aromatic rings. The smallest absolute Gasteiger partial charge is 0.107 e. The second-order valence-electron chi connectivity index (χ2n) is 3.30. The molecule has 15 heavy (non-hydrogen) atoms. The summed E-state index contributed by atoms with van der Waals surface area (Å²) < 4.78 is 0. The second kappa shape index (κ2) is 5.61. The first-order valence-corrected chi connectivity index (χ1v) is 5.59. The number of aliphatic hydroxyl groups is 2. The first kappa shape index (κ1) is 12.6. The number of benzene rings is 1. The van der Waals surface area contributed by atoms with Crippen molar-refractivity contribution in [3.8, 4) is 0 Å². The minimum Gasteiger partial charge on any atom is -0.398 e. The topological polar surface area (TPSA) is 66.5 Å². The maximum atomic E-state index is 9.80. The van der Waals surface area contributed by atoms with Crippen LogP contribution < -0.4 is 5.73 Å². The Bertz CT molecular complexity index is 335. The minimum absolute atomic E-state index is 0.399. The highest BCUT2D eigenvalue weighted by atomic mass is 35.5. The molecule has 0 amide bonds. The van der Waals surface area contributed by atoms with Crippen LogP contribution in [0.5, 0.6) is 0 Å². The Morgan fingerprint density at radius 1 is 1.40 bits per heavy atom. The zero-order valence-corrected chi connectivity index (χ0v) is 9.75. The summed E-state index contributed by atoms with van der Waals surface area (Å²) in [6.07, 6.45) is -1.49. The molecule has 3 nitrogen and oxygen atoms in total. The van der Waals surface area contributed by atoms with Crippen LogP contribution in [-0.4, -0.2) is 22.1 Å². The highest BCUT2D eigenvalue weighted by Crippen LogP contribution is 2.27. The third-order valence-electron chi connectivity index (χ3n) is 2.16. The van der Waals surface area contributed by atoms with Gasteiger partial charge in [0, 0.05) is 16.3 Å². The van der Waals surface area contributed by atoms with E-state index >= 15 is 0 Å². The van der Waals surface area contributed by atoms with Crippen LogP contribution in [0, 0.1) is 0 Å². The molecule has 4 N–H and O–H groups in total. The van der Waals surface area contributed by atoms with E-state index in [-0.39, 0.29) is 0 Å². The van der Waals surface area contributed by atoms with Gasteiger partial charge >= 0.3 is 0 Å². The van der Waals surface area contributed by atoms with Gasteiger partial charge in [-0.15, -0.1) is 0 Å². The van der Waals surface area contributed by atoms with Gasteiger partial charge in [0.25, 0.3) is 0 Å². The lowest BCUT2D eigenvalue weighted by Crippen LogP contribution is -2.19. The SMILES string of the molecule is Nc1ccc(Cl)cc1C(O)C(O)CCS. The molecule has 84 valence electrons. The van der Waals surface area contributed by atoms with E-state index in [9.17, 15) is 10.2 Å². The van der Waals surface area contributed by atoms with Crippen LogP contribution in [0.15, 0.2) is 18.2 Å². The number of hydrogen-bond donors (Lipinski definition) is 4. The van der Waals surface area contributed by atoms with Crippen molar-refractivity contribution in [1.82, 2.24) is 0 Å². The summed E-state index contributed by atoms with van der Waals surface area (Å²) in [6, 6.07) is 4.80. The zero-order valence-electron chi connectivity index (χ0n) is 8.10. The average Bonchev–Trinajstić information content (AvgIpc) is 2.21. The maximum absolute atomic E-state index is 9.80. The van der Waals surface area contributed by atoms with E-state index in [4.69, 9.17) is 17.3 Å². The number of rotatable bonds is 4. The molecule has 0 saturated carbocycles. The van der Waals surface area contributed by atoms with Gasteiger partial charge in [0.2, 0.25) is 0 Å². The van der Waals surface area contributed by atoms with Crippen molar-refractivity contribution in [2.45, 2.75) is 18.6 Å². The number of nitrogen functional groups attached to an aromatic ring is 1. The lowest BCUT2D eigenvalue weighted by molar-refractivity contribution is 0.0177. The summed E-state index contributed by atoms with van der Waals surface area (Å²) in [5.41, 5.74) is 6.55. The van der Waals surface area contributed by atoms with Gasteiger partial charge in [-0.2, -0.15) is 12.6 Å². The fourth-order valence-electron chi connectivity index (χ4n) is 1.30. The molecule has 0 bridgehead atoms. The van der Waals surface area contributed by atoms with Crippen molar-refractivity contribution in [2.24, 2.45) is 0 Å². The van der Waals surface area contributed by atoms with Gasteiger partial charge in [0.15, 0.2) is 0 Å². The molecule has 2 unspecified atom stereocenters. The predicted octanol–water partition coefficient (Wildman–Crippen LogP) is 1.64. The van der Waals surface area contributed by atoms with Crippen molar-refractivity contribution in [2.75, 3.05) is 11.5 Å². The Kier molecular flexibility index (Phi) is 4.73. The number of anilines is 1. The Labute approximate surface area is 99.3 Å². The van der Waals surface area contributed by atoms with Gasteiger partial charge < -0.3 is 15.9 Å². The van der Waals surface area contributed by atoms with Gasteiger partial charge in [-0.3, -0.25) is 0 Å². The van der Waals surface area contributed by atoms with E-state index in [2.05, 4.69) is 12.6 Å². The summed E-state index contributed by atoms with van der Waals surface area (Å²) in [4.78, 5) is 0. The Hall–Kier alpha value is -0.420. The second-order valence-corrected chi connectivity index (χ2v) is 4.18. The molecular weight excluding hydrogens is 234 g/mol. The van der Waals surface area contributed by atoms with Crippen LogP contribution in [-0.2, 0) is 0 Å². The van der Waals surface area contributed by atoms with Crippen molar-refractivity contribution in [1.29, 1.82) is 0 Å². The first-order valence-electron chi connectivity index (χ1n) is 4.58. The lowest BCUT2D eigenvalue weighted by Gasteiger charge is -2.19. The predicted molar refractivity (Wildman–Crippen MR) is 65.3 cm³/mol. The molecule has 0 aliphatic heterocycles. The Balaban J connectivity index is 2.89. The third kappa shape index (κ3) is 3.28. The van der Waals surface area contributed by atoms with Gasteiger partial charge in [-0.25, -0.2) is 0 Å². The minimum atomic E-state index is -1.02. The van der Waals surface area contributed by atoms with Crippen molar-refractivity contribution >= 4 is 29.9 Å². The van der Waals surface area contributed by atoms with Crippen LogP contribution in [0.25, 0.3) is 0 Å².